The van der Waals surface area contributed by atoms with Crippen LogP contribution in [0.2, 0.25) is 0 Å². The largest absolute Gasteiger partial charge is 0.494 e. The van der Waals surface area contributed by atoms with Crippen LogP contribution in [0.1, 0.15) is 42.9 Å². The minimum Gasteiger partial charge on any atom is -0.494 e. The Bertz CT molecular complexity index is 768. The fraction of sp³-hybridized carbons (Fsp3) is 0.333. The maximum Gasteiger partial charge on any atom is 0.133 e. The second-order valence-electron chi connectivity index (χ2n) is 5.91. The summed E-state index contributed by atoms with van der Waals surface area (Å²) in [6, 6.07) is 12.7. The summed E-state index contributed by atoms with van der Waals surface area (Å²) in [4.78, 5) is 0. The van der Waals surface area contributed by atoms with Crippen LogP contribution in [0.25, 0.3) is 0 Å². The predicted molar refractivity (Wildman–Crippen MR) is 120 cm³/mol. The number of halogens is 3. The quantitative estimate of drug-likeness (QED) is 0.337. The van der Waals surface area contributed by atoms with Gasteiger partial charge >= 0.3 is 0 Å². The zero-order chi connectivity index (χ0) is 19.1. The van der Waals surface area contributed by atoms with Crippen molar-refractivity contribution >= 4 is 47.8 Å². The van der Waals surface area contributed by atoms with Crippen molar-refractivity contribution in [1.29, 1.82) is 0 Å². The average molecular weight is 547 g/mol. The van der Waals surface area contributed by atoms with Crippen LogP contribution < -0.4 is 9.47 Å². The lowest BCUT2D eigenvalue weighted by atomic mass is 9.86. The summed E-state index contributed by atoms with van der Waals surface area (Å²) >= 11 is 10.3. The van der Waals surface area contributed by atoms with E-state index in [0.29, 0.717) is 19.1 Å². The third-order valence-electron chi connectivity index (χ3n) is 4.17. The summed E-state index contributed by atoms with van der Waals surface area (Å²) in [7, 11) is 0. The van der Waals surface area contributed by atoms with Crippen LogP contribution in [0.3, 0.4) is 0 Å². The highest BCUT2D eigenvalue weighted by Crippen LogP contribution is 2.36. The molecule has 0 aliphatic rings. The number of benzene rings is 2. The second kappa shape index (κ2) is 10.5. The molecular formula is C21H23Br3O2. The van der Waals surface area contributed by atoms with Crippen LogP contribution in [0.15, 0.2) is 50.3 Å². The Balaban J connectivity index is 2.24. The minimum absolute atomic E-state index is 0.340. The van der Waals surface area contributed by atoms with Gasteiger partial charge in [-0.05, 0) is 115 Å². The molecule has 0 aliphatic heterocycles. The van der Waals surface area contributed by atoms with E-state index < -0.39 is 0 Å². The zero-order valence-corrected chi connectivity index (χ0v) is 19.9. The lowest BCUT2D eigenvalue weighted by molar-refractivity contribution is 0.340. The predicted octanol–water partition coefficient (Wildman–Crippen LogP) is 7.71. The molecule has 0 fully saturated rings. The Kier molecular flexibility index (Phi) is 8.71. The molecule has 0 heterocycles. The monoisotopic (exact) mass is 544 g/mol. The number of hydrogen-bond acceptors (Lipinski definition) is 2. The van der Waals surface area contributed by atoms with E-state index in [-0.39, 0.29) is 0 Å². The third kappa shape index (κ3) is 5.86. The van der Waals surface area contributed by atoms with Crippen LogP contribution in [0.4, 0.5) is 0 Å². The molecule has 0 N–H and O–H groups in total. The third-order valence-corrected chi connectivity index (χ3v) is 5.44. The Labute approximate surface area is 181 Å². The number of rotatable bonds is 8. The number of ether oxygens (including phenoxy) is 2. The van der Waals surface area contributed by atoms with Crippen molar-refractivity contribution in [3.05, 3.63) is 67.0 Å². The standard InChI is InChI=1S/C21H23Br3O2/c1-4-17(18-8-7-16(25-5-2)12-14(18)3)15-6-9-20(19(22)13-15)26-11-10-21(23)24/h6-10,12-13,17H,4-5,11H2,1-3H3. The van der Waals surface area contributed by atoms with Crippen molar-refractivity contribution in [3.63, 3.8) is 0 Å². The molecule has 0 saturated heterocycles. The van der Waals surface area contributed by atoms with E-state index in [1.807, 2.05) is 19.1 Å². The van der Waals surface area contributed by atoms with Gasteiger partial charge in [-0.1, -0.05) is 19.1 Å². The van der Waals surface area contributed by atoms with Crippen LogP contribution in [-0.4, -0.2) is 13.2 Å². The minimum atomic E-state index is 0.340. The Hall–Kier alpha value is -0.780. The molecule has 140 valence electrons. The molecule has 26 heavy (non-hydrogen) atoms. The highest BCUT2D eigenvalue weighted by molar-refractivity contribution is 9.28. The van der Waals surface area contributed by atoms with Gasteiger partial charge in [0.2, 0.25) is 0 Å². The molecule has 2 rings (SSSR count). The topological polar surface area (TPSA) is 18.5 Å². The molecule has 5 heteroatoms. The van der Waals surface area contributed by atoms with E-state index in [4.69, 9.17) is 9.47 Å². The normalized spacial score (nSPS) is 11.8. The van der Waals surface area contributed by atoms with Gasteiger partial charge < -0.3 is 9.47 Å². The van der Waals surface area contributed by atoms with Crippen LogP contribution in [0, 0.1) is 6.92 Å². The number of hydrogen-bond donors (Lipinski definition) is 0. The molecule has 0 saturated carbocycles. The van der Waals surface area contributed by atoms with Crippen LogP contribution in [0.5, 0.6) is 11.5 Å². The first-order chi connectivity index (χ1) is 12.5. The van der Waals surface area contributed by atoms with Crippen molar-refractivity contribution < 1.29 is 9.47 Å². The maximum atomic E-state index is 5.79. The molecule has 0 aromatic heterocycles. The number of aryl methyl sites for hydroxylation is 1. The van der Waals surface area contributed by atoms with E-state index in [2.05, 4.69) is 92.0 Å². The Morgan fingerprint density at radius 1 is 1.08 bits per heavy atom. The SMILES string of the molecule is CCOc1ccc(C(CC)c2ccc(OCC=C(Br)Br)c(Br)c2)c(C)c1. The van der Waals surface area contributed by atoms with E-state index in [0.717, 1.165) is 25.8 Å². The van der Waals surface area contributed by atoms with Crippen LogP contribution in [-0.2, 0) is 0 Å². The summed E-state index contributed by atoms with van der Waals surface area (Å²) in [5.74, 6) is 2.11. The summed E-state index contributed by atoms with van der Waals surface area (Å²) in [6.45, 7) is 7.56. The van der Waals surface area contributed by atoms with E-state index in [1.54, 1.807) is 0 Å². The Morgan fingerprint density at radius 3 is 2.42 bits per heavy atom. The maximum absolute atomic E-state index is 5.79. The highest BCUT2D eigenvalue weighted by Gasteiger charge is 2.16. The molecule has 0 spiro atoms. The second-order valence-corrected chi connectivity index (χ2v) is 9.53. The van der Waals surface area contributed by atoms with Gasteiger partial charge in [0.1, 0.15) is 18.1 Å². The summed E-state index contributed by atoms with van der Waals surface area (Å²) in [5, 5.41) is 0. The molecule has 0 bridgehead atoms. The first-order valence-corrected chi connectivity index (χ1v) is 11.0. The van der Waals surface area contributed by atoms with Gasteiger partial charge in [0.05, 0.1) is 14.5 Å². The molecule has 2 nitrogen and oxygen atoms in total. The highest BCUT2D eigenvalue weighted by atomic mass is 79.9. The van der Waals surface area contributed by atoms with Crippen molar-refractivity contribution in [1.82, 2.24) is 0 Å². The summed E-state index contributed by atoms with van der Waals surface area (Å²) in [5.41, 5.74) is 3.87. The van der Waals surface area contributed by atoms with Gasteiger partial charge in [-0.15, -0.1) is 0 Å². The van der Waals surface area contributed by atoms with E-state index in [1.165, 1.54) is 16.7 Å². The fourth-order valence-corrected chi connectivity index (χ4v) is 3.75. The molecule has 2 aromatic carbocycles. The van der Waals surface area contributed by atoms with Crippen molar-refractivity contribution in [2.75, 3.05) is 13.2 Å². The summed E-state index contributed by atoms with van der Waals surface area (Å²) < 4.78 is 13.3. The lowest BCUT2D eigenvalue weighted by Gasteiger charge is -2.20. The Morgan fingerprint density at radius 2 is 1.85 bits per heavy atom. The van der Waals surface area contributed by atoms with Gasteiger partial charge in [0.15, 0.2) is 0 Å². The van der Waals surface area contributed by atoms with E-state index in [9.17, 15) is 0 Å². The molecule has 0 amide bonds. The van der Waals surface area contributed by atoms with Crippen molar-refractivity contribution in [2.45, 2.75) is 33.1 Å². The van der Waals surface area contributed by atoms with Crippen molar-refractivity contribution in [3.8, 4) is 11.5 Å². The van der Waals surface area contributed by atoms with Gasteiger partial charge in [0, 0.05) is 5.92 Å². The van der Waals surface area contributed by atoms with Gasteiger partial charge in [-0.3, -0.25) is 0 Å². The van der Waals surface area contributed by atoms with Gasteiger partial charge in [-0.25, -0.2) is 0 Å². The molecular weight excluding hydrogens is 524 g/mol. The molecule has 1 unspecified atom stereocenters. The van der Waals surface area contributed by atoms with E-state index >= 15 is 0 Å². The smallest absolute Gasteiger partial charge is 0.133 e. The first-order valence-electron chi connectivity index (χ1n) is 8.63. The molecule has 0 aliphatic carbocycles. The summed E-state index contributed by atoms with van der Waals surface area (Å²) in [6.07, 6.45) is 2.94. The van der Waals surface area contributed by atoms with Crippen LogP contribution >= 0.6 is 47.8 Å². The zero-order valence-electron chi connectivity index (χ0n) is 15.2. The lowest BCUT2D eigenvalue weighted by Crippen LogP contribution is -2.04. The molecule has 2 aromatic rings. The average Bonchev–Trinajstić information content (AvgIpc) is 2.59. The molecule has 0 radical (unpaired) electrons. The molecule has 1 atom stereocenters. The first kappa shape index (κ1) is 21.5. The van der Waals surface area contributed by atoms with Gasteiger partial charge in [0.25, 0.3) is 0 Å². The van der Waals surface area contributed by atoms with Crippen molar-refractivity contribution in [2.24, 2.45) is 0 Å². The fourth-order valence-electron chi connectivity index (χ4n) is 2.98. The van der Waals surface area contributed by atoms with Gasteiger partial charge in [-0.2, -0.15) is 0 Å².